The lowest BCUT2D eigenvalue weighted by atomic mass is 10.1. The molecule has 2 aromatic heterocycles. The zero-order chi connectivity index (χ0) is 23.3. The molecule has 1 unspecified atom stereocenters. The first-order chi connectivity index (χ1) is 14.9. The zero-order valence-electron chi connectivity index (χ0n) is 18.1. The number of halogens is 1. The number of benzene rings is 1. The molecule has 32 heavy (non-hydrogen) atoms. The molecule has 3 aromatic rings. The summed E-state index contributed by atoms with van der Waals surface area (Å²) in [6.07, 6.45) is 3.51. The fraction of sp³-hybridized carbons (Fsp3) is 0.364. The van der Waals surface area contributed by atoms with E-state index in [0.29, 0.717) is 5.00 Å². The number of nitrogens with one attached hydrogen (secondary N) is 1. The van der Waals surface area contributed by atoms with Gasteiger partial charge in [-0.05, 0) is 67.0 Å². The van der Waals surface area contributed by atoms with Gasteiger partial charge in [0, 0.05) is 12.1 Å². The Bertz CT molecular complexity index is 1250. The molecule has 0 saturated heterocycles. The largest absolute Gasteiger partial charge is 0.459 e. The second kappa shape index (κ2) is 8.23. The SMILES string of the molecule is CC1[C@H](c2ccccc2)[C@]1(NS(=O)(=O)c1ccc(-n2cc(I)cn2)s1)C(=O)OC(C)(C)C. The maximum absolute atomic E-state index is 13.4. The summed E-state index contributed by atoms with van der Waals surface area (Å²) in [6.45, 7) is 7.19. The molecule has 2 heterocycles. The van der Waals surface area contributed by atoms with E-state index < -0.39 is 27.1 Å². The van der Waals surface area contributed by atoms with E-state index in [1.807, 2.05) is 43.5 Å². The second-order valence-electron chi connectivity index (χ2n) is 8.85. The van der Waals surface area contributed by atoms with Gasteiger partial charge in [0.15, 0.2) is 0 Å². The molecule has 0 spiro atoms. The van der Waals surface area contributed by atoms with Gasteiger partial charge in [-0.1, -0.05) is 37.3 Å². The van der Waals surface area contributed by atoms with Gasteiger partial charge in [0.05, 0.1) is 9.77 Å². The van der Waals surface area contributed by atoms with Crippen LogP contribution in [0.5, 0.6) is 0 Å². The number of thiophene rings is 1. The first kappa shape index (κ1) is 23.4. The van der Waals surface area contributed by atoms with E-state index in [1.54, 1.807) is 37.7 Å². The molecule has 1 N–H and O–H groups in total. The molecular weight excluding hydrogens is 561 g/mol. The standard InChI is InChI=1S/C22H24IN3O4S2/c1-14-19(15-8-6-5-7-9-15)22(14,20(27)30-21(2,3)4)25-32(28,29)18-11-10-17(31-18)26-13-16(23)12-24-26/h5-14,19,25H,1-4H3/t14?,19-,22+/m1/s1. The van der Waals surface area contributed by atoms with Crippen LogP contribution in [-0.4, -0.2) is 35.3 Å². The van der Waals surface area contributed by atoms with Gasteiger partial charge in [0.1, 0.15) is 20.4 Å². The van der Waals surface area contributed by atoms with Crippen LogP contribution in [-0.2, 0) is 19.6 Å². The summed E-state index contributed by atoms with van der Waals surface area (Å²) in [6, 6.07) is 12.7. The minimum Gasteiger partial charge on any atom is -0.459 e. The number of esters is 1. The molecule has 1 aliphatic carbocycles. The van der Waals surface area contributed by atoms with Crippen molar-refractivity contribution in [3.8, 4) is 5.00 Å². The molecule has 1 fully saturated rings. The first-order valence-corrected chi connectivity index (χ1v) is 13.4. The van der Waals surface area contributed by atoms with Crippen LogP contribution in [0.3, 0.4) is 0 Å². The Hall–Kier alpha value is -1.76. The number of nitrogens with zero attached hydrogens (tertiary/aromatic N) is 2. The Morgan fingerprint density at radius 2 is 1.91 bits per heavy atom. The molecule has 1 saturated carbocycles. The van der Waals surface area contributed by atoms with Gasteiger partial charge >= 0.3 is 5.97 Å². The van der Waals surface area contributed by atoms with Gasteiger partial charge in [-0.2, -0.15) is 9.82 Å². The van der Waals surface area contributed by atoms with Crippen LogP contribution in [0.4, 0.5) is 0 Å². The van der Waals surface area contributed by atoms with Crippen molar-refractivity contribution in [2.45, 2.75) is 49.0 Å². The van der Waals surface area contributed by atoms with Crippen LogP contribution in [0, 0.1) is 9.49 Å². The van der Waals surface area contributed by atoms with Crippen LogP contribution in [0.1, 0.15) is 39.2 Å². The lowest BCUT2D eigenvalue weighted by molar-refractivity contribution is -0.158. The number of carbonyl (C=O) groups excluding carboxylic acids is 1. The van der Waals surface area contributed by atoms with E-state index in [0.717, 1.165) is 20.5 Å². The average Bonchev–Trinajstić information content (AvgIpc) is 3.11. The Morgan fingerprint density at radius 1 is 1.22 bits per heavy atom. The molecule has 0 bridgehead atoms. The van der Waals surface area contributed by atoms with Crippen LogP contribution in [0.2, 0.25) is 0 Å². The number of rotatable bonds is 6. The molecule has 170 valence electrons. The molecule has 1 aliphatic rings. The van der Waals surface area contributed by atoms with Gasteiger partial charge in [-0.15, -0.1) is 11.3 Å². The average molecular weight is 585 g/mol. The Labute approximate surface area is 205 Å². The maximum atomic E-state index is 13.4. The highest BCUT2D eigenvalue weighted by atomic mass is 127. The van der Waals surface area contributed by atoms with E-state index >= 15 is 0 Å². The Kier molecular flexibility index (Phi) is 6.02. The molecular formula is C22H24IN3O4S2. The molecule has 0 aliphatic heterocycles. The van der Waals surface area contributed by atoms with E-state index in [-0.39, 0.29) is 16.0 Å². The van der Waals surface area contributed by atoms with Crippen molar-refractivity contribution in [2.24, 2.45) is 5.92 Å². The number of ether oxygens (including phenoxy) is 1. The van der Waals surface area contributed by atoms with Crippen molar-refractivity contribution < 1.29 is 17.9 Å². The van der Waals surface area contributed by atoms with E-state index in [2.05, 4.69) is 32.4 Å². The predicted octanol–water partition coefficient (Wildman–Crippen LogP) is 4.33. The normalized spacial score (nSPS) is 23.2. The van der Waals surface area contributed by atoms with Crippen LogP contribution in [0.15, 0.2) is 59.1 Å². The quantitative estimate of drug-likeness (QED) is 0.344. The summed E-state index contributed by atoms with van der Waals surface area (Å²) in [7, 11) is -3.99. The maximum Gasteiger partial charge on any atom is 0.328 e. The highest BCUT2D eigenvalue weighted by Crippen LogP contribution is 2.59. The fourth-order valence-electron chi connectivity index (χ4n) is 3.92. The van der Waals surface area contributed by atoms with E-state index in [4.69, 9.17) is 4.74 Å². The zero-order valence-corrected chi connectivity index (χ0v) is 21.9. The van der Waals surface area contributed by atoms with Crippen molar-refractivity contribution in [1.29, 1.82) is 0 Å². The predicted molar refractivity (Wildman–Crippen MR) is 131 cm³/mol. The van der Waals surface area contributed by atoms with Crippen molar-refractivity contribution in [3.63, 3.8) is 0 Å². The second-order valence-corrected chi connectivity index (χ2v) is 13.1. The number of hydrogen-bond acceptors (Lipinski definition) is 6. The van der Waals surface area contributed by atoms with Crippen molar-refractivity contribution in [3.05, 3.63) is 64.0 Å². The molecule has 1 aromatic carbocycles. The van der Waals surface area contributed by atoms with Gasteiger partial charge in [-0.25, -0.2) is 17.9 Å². The summed E-state index contributed by atoms with van der Waals surface area (Å²) in [4.78, 5) is 13.3. The van der Waals surface area contributed by atoms with Crippen molar-refractivity contribution in [1.82, 2.24) is 14.5 Å². The fourth-order valence-corrected chi connectivity index (χ4v) is 6.99. The summed E-state index contributed by atoms with van der Waals surface area (Å²) >= 11 is 3.24. The summed E-state index contributed by atoms with van der Waals surface area (Å²) in [5.74, 6) is -1.14. The van der Waals surface area contributed by atoms with Crippen LogP contribution >= 0.6 is 33.9 Å². The lowest BCUT2D eigenvalue weighted by Crippen LogP contribution is -2.48. The Morgan fingerprint density at radius 3 is 2.50 bits per heavy atom. The van der Waals surface area contributed by atoms with Gasteiger partial charge in [0.25, 0.3) is 10.0 Å². The topological polar surface area (TPSA) is 90.3 Å². The highest BCUT2D eigenvalue weighted by Gasteiger charge is 2.71. The van der Waals surface area contributed by atoms with Crippen molar-refractivity contribution >= 4 is 49.9 Å². The summed E-state index contributed by atoms with van der Waals surface area (Å²) < 4.78 is 37.9. The van der Waals surface area contributed by atoms with Crippen LogP contribution in [0.25, 0.3) is 5.00 Å². The molecule has 0 amide bonds. The Balaban J connectivity index is 1.69. The first-order valence-electron chi connectivity index (χ1n) is 10.1. The molecule has 4 rings (SSSR count). The third kappa shape index (κ3) is 4.37. The molecule has 0 radical (unpaired) electrons. The summed E-state index contributed by atoms with van der Waals surface area (Å²) in [5, 5.41) is 4.90. The van der Waals surface area contributed by atoms with Crippen molar-refractivity contribution in [2.75, 3.05) is 0 Å². The highest BCUT2D eigenvalue weighted by molar-refractivity contribution is 14.1. The molecule has 3 atom stereocenters. The number of hydrogen-bond donors (Lipinski definition) is 1. The smallest absolute Gasteiger partial charge is 0.328 e. The van der Waals surface area contributed by atoms with E-state index in [1.165, 1.54) is 6.07 Å². The minimum absolute atomic E-state index is 0.117. The summed E-state index contributed by atoms with van der Waals surface area (Å²) in [5.41, 5.74) is -1.21. The van der Waals surface area contributed by atoms with E-state index in [9.17, 15) is 13.2 Å². The minimum atomic E-state index is -3.99. The third-order valence-corrected chi connectivity index (χ3v) is 9.01. The number of aromatic nitrogens is 2. The number of sulfonamides is 1. The third-order valence-electron chi connectivity index (χ3n) is 5.41. The van der Waals surface area contributed by atoms with Gasteiger partial charge in [0.2, 0.25) is 0 Å². The van der Waals surface area contributed by atoms with Gasteiger partial charge < -0.3 is 4.74 Å². The monoisotopic (exact) mass is 585 g/mol. The number of carbonyl (C=O) groups is 1. The van der Waals surface area contributed by atoms with Gasteiger partial charge in [-0.3, -0.25) is 0 Å². The van der Waals surface area contributed by atoms with Crippen LogP contribution < -0.4 is 4.72 Å². The molecule has 7 nitrogen and oxygen atoms in total. The lowest BCUT2D eigenvalue weighted by Gasteiger charge is -2.25. The molecule has 10 heteroatoms.